The van der Waals surface area contributed by atoms with Gasteiger partial charge in [0.05, 0.1) is 29.5 Å². The molecule has 1 aromatic carbocycles. The van der Waals surface area contributed by atoms with Crippen LogP contribution in [-0.2, 0) is 9.53 Å². The van der Waals surface area contributed by atoms with Crippen LogP contribution >= 0.6 is 0 Å². The molecule has 0 aliphatic carbocycles. The van der Waals surface area contributed by atoms with Crippen LogP contribution in [0, 0.1) is 10.1 Å². The lowest BCUT2D eigenvalue weighted by Crippen LogP contribution is -2.36. The number of nitrogens with zero attached hydrogens (tertiary/aromatic N) is 6. The van der Waals surface area contributed by atoms with Crippen molar-refractivity contribution in [2.75, 3.05) is 36.5 Å². The summed E-state index contributed by atoms with van der Waals surface area (Å²) in [5.41, 5.74) is 2.08. The summed E-state index contributed by atoms with van der Waals surface area (Å²) >= 11 is 0. The molecule has 146 valence electrons. The van der Waals surface area contributed by atoms with Gasteiger partial charge in [0.15, 0.2) is 11.0 Å². The van der Waals surface area contributed by atoms with Gasteiger partial charge in [-0.15, -0.1) is 0 Å². The fourth-order valence-corrected chi connectivity index (χ4v) is 3.01. The third-order valence-corrected chi connectivity index (χ3v) is 4.58. The number of ether oxygens (including phenoxy) is 1. The van der Waals surface area contributed by atoms with Crippen molar-refractivity contribution in [1.82, 2.24) is 20.1 Å². The molecule has 0 radical (unpaired) electrons. The summed E-state index contributed by atoms with van der Waals surface area (Å²) in [6.45, 7) is 4.29. The van der Waals surface area contributed by atoms with Gasteiger partial charge in [-0.1, -0.05) is 0 Å². The molecule has 1 atom stereocenters. The molecule has 3 aromatic rings. The van der Waals surface area contributed by atoms with E-state index < -0.39 is 16.9 Å². The van der Waals surface area contributed by atoms with Crippen LogP contribution in [0.1, 0.15) is 13.0 Å². The number of amides is 1. The van der Waals surface area contributed by atoms with Crippen molar-refractivity contribution in [3.05, 3.63) is 34.6 Å². The molecule has 0 bridgehead atoms. The number of morpholine rings is 1. The smallest absolute Gasteiger partial charge is 0.307 e. The van der Waals surface area contributed by atoms with Crippen LogP contribution in [0.25, 0.3) is 11.0 Å². The molecular formula is C16H17N7O5. The van der Waals surface area contributed by atoms with Crippen molar-refractivity contribution in [3.63, 3.8) is 0 Å². The molecule has 3 heterocycles. The Labute approximate surface area is 158 Å². The van der Waals surface area contributed by atoms with Gasteiger partial charge in [-0.3, -0.25) is 19.6 Å². The number of carbonyl (C=O) groups excluding carboxylic acids is 1. The summed E-state index contributed by atoms with van der Waals surface area (Å²) in [6.07, 6.45) is 2.31. The molecule has 4 rings (SSSR count). The summed E-state index contributed by atoms with van der Waals surface area (Å²) in [6, 6.07) is 2.81. The Balaban J connectivity index is 1.56. The van der Waals surface area contributed by atoms with Gasteiger partial charge in [-0.05, 0) is 29.4 Å². The summed E-state index contributed by atoms with van der Waals surface area (Å²) in [5, 5.41) is 25.3. The molecule has 1 aliphatic rings. The molecule has 0 spiro atoms. The Hall–Kier alpha value is -3.54. The van der Waals surface area contributed by atoms with E-state index in [9.17, 15) is 14.9 Å². The lowest BCUT2D eigenvalue weighted by molar-refractivity contribution is -0.385. The minimum atomic E-state index is -0.762. The molecule has 28 heavy (non-hydrogen) atoms. The van der Waals surface area contributed by atoms with E-state index in [1.807, 2.05) is 6.07 Å². The highest BCUT2D eigenvalue weighted by molar-refractivity contribution is 6.03. The first-order valence-electron chi connectivity index (χ1n) is 8.62. The number of hydrogen-bond acceptors (Lipinski definition) is 9. The van der Waals surface area contributed by atoms with Gasteiger partial charge in [-0.2, -0.15) is 5.10 Å². The fourth-order valence-electron chi connectivity index (χ4n) is 3.01. The third-order valence-electron chi connectivity index (χ3n) is 4.58. The van der Waals surface area contributed by atoms with Gasteiger partial charge in [0.25, 0.3) is 0 Å². The summed E-state index contributed by atoms with van der Waals surface area (Å²) in [7, 11) is 0. The topological polar surface area (TPSA) is 141 Å². The maximum atomic E-state index is 12.6. The highest BCUT2D eigenvalue weighted by Crippen LogP contribution is 2.31. The second-order valence-electron chi connectivity index (χ2n) is 6.29. The number of fused-ring (bicyclic) bond motifs is 1. The minimum absolute atomic E-state index is 0.183. The maximum Gasteiger partial charge on any atom is 0.307 e. The number of anilines is 2. The third kappa shape index (κ3) is 3.24. The van der Waals surface area contributed by atoms with E-state index in [0.717, 1.165) is 25.0 Å². The fraction of sp³-hybridized carbons (Fsp3) is 0.375. The Morgan fingerprint density at radius 1 is 1.29 bits per heavy atom. The maximum absolute atomic E-state index is 12.6. The number of benzene rings is 1. The Morgan fingerprint density at radius 2 is 2.04 bits per heavy atom. The van der Waals surface area contributed by atoms with Gasteiger partial charge in [0, 0.05) is 13.1 Å². The first kappa shape index (κ1) is 17.9. The van der Waals surface area contributed by atoms with E-state index in [1.54, 1.807) is 13.0 Å². The lowest BCUT2D eigenvalue weighted by atomic mass is 10.2. The molecule has 0 saturated carbocycles. The van der Waals surface area contributed by atoms with Crippen LogP contribution in [0.3, 0.4) is 0 Å². The van der Waals surface area contributed by atoms with Gasteiger partial charge in [0.2, 0.25) is 5.91 Å². The van der Waals surface area contributed by atoms with Crippen LogP contribution in [0.5, 0.6) is 0 Å². The zero-order chi connectivity index (χ0) is 19.7. The second kappa shape index (κ2) is 7.23. The highest BCUT2D eigenvalue weighted by Gasteiger charge is 2.23. The van der Waals surface area contributed by atoms with Gasteiger partial charge >= 0.3 is 5.69 Å². The minimum Gasteiger partial charge on any atom is -0.378 e. The quantitative estimate of drug-likeness (QED) is 0.507. The van der Waals surface area contributed by atoms with Gasteiger partial charge < -0.3 is 15.0 Å². The van der Waals surface area contributed by atoms with E-state index >= 15 is 0 Å². The van der Waals surface area contributed by atoms with Crippen molar-refractivity contribution in [2.45, 2.75) is 13.0 Å². The molecule has 12 heteroatoms. The van der Waals surface area contributed by atoms with Crippen molar-refractivity contribution in [2.24, 2.45) is 0 Å². The van der Waals surface area contributed by atoms with E-state index in [0.29, 0.717) is 29.9 Å². The zero-order valence-electron chi connectivity index (χ0n) is 14.9. The normalized spacial score (nSPS) is 15.5. The molecular weight excluding hydrogens is 370 g/mol. The van der Waals surface area contributed by atoms with Crippen molar-refractivity contribution in [1.29, 1.82) is 0 Å². The first-order chi connectivity index (χ1) is 13.5. The molecule has 1 aliphatic heterocycles. The van der Waals surface area contributed by atoms with E-state index in [-0.39, 0.29) is 5.69 Å². The van der Waals surface area contributed by atoms with Crippen LogP contribution in [0.15, 0.2) is 29.2 Å². The molecule has 12 nitrogen and oxygen atoms in total. The largest absolute Gasteiger partial charge is 0.378 e. The molecule has 1 unspecified atom stereocenters. The Kier molecular flexibility index (Phi) is 4.61. The lowest BCUT2D eigenvalue weighted by Gasteiger charge is -2.28. The Bertz CT molecular complexity index is 1020. The molecule has 1 saturated heterocycles. The Morgan fingerprint density at radius 3 is 2.75 bits per heavy atom. The van der Waals surface area contributed by atoms with E-state index in [4.69, 9.17) is 9.37 Å². The van der Waals surface area contributed by atoms with E-state index in [1.165, 1.54) is 10.9 Å². The average Bonchev–Trinajstić information content (AvgIpc) is 3.38. The SMILES string of the molecule is CC(C(=O)Nc1ccc(N2CCOCC2)c2nonc12)n1cc([N+](=O)[O-])cn1. The van der Waals surface area contributed by atoms with Crippen molar-refractivity contribution < 1.29 is 19.1 Å². The van der Waals surface area contributed by atoms with Crippen LogP contribution in [0.4, 0.5) is 17.1 Å². The number of nitro groups is 1. The summed E-state index contributed by atoms with van der Waals surface area (Å²) < 4.78 is 11.5. The molecule has 1 amide bonds. The van der Waals surface area contributed by atoms with E-state index in [2.05, 4.69) is 25.6 Å². The number of rotatable bonds is 5. The van der Waals surface area contributed by atoms with Crippen LogP contribution in [-0.4, -0.2) is 57.2 Å². The van der Waals surface area contributed by atoms with Crippen molar-refractivity contribution in [3.8, 4) is 0 Å². The zero-order valence-corrected chi connectivity index (χ0v) is 14.9. The van der Waals surface area contributed by atoms with Crippen molar-refractivity contribution >= 4 is 34.0 Å². The average molecular weight is 387 g/mol. The van der Waals surface area contributed by atoms with Crippen LogP contribution < -0.4 is 10.2 Å². The monoisotopic (exact) mass is 387 g/mol. The molecule has 1 fully saturated rings. The molecule has 2 aromatic heterocycles. The summed E-state index contributed by atoms with van der Waals surface area (Å²) in [5.74, 6) is -0.401. The van der Waals surface area contributed by atoms with Gasteiger partial charge in [-0.25, -0.2) is 4.63 Å². The summed E-state index contributed by atoms with van der Waals surface area (Å²) in [4.78, 5) is 24.9. The number of hydrogen-bond donors (Lipinski definition) is 1. The highest BCUT2D eigenvalue weighted by atomic mass is 16.6. The number of aromatic nitrogens is 4. The number of carbonyl (C=O) groups is 1. The number of nitrogens with one attached hydrogen (secondary N) is 1. The first-order valence-corrected chi connectivity index (χ1v) is 8.62. The molecule has 1 N–H and O–H groups in total. The van der Waals surface area contributed by atoms with Gasteiger partial charge in [0.1, 0.15) is 18.4 Å². The standard InChI is InChI=1S/C16H17N7O5/c1-10(22-9-11(8-17-22)23(25)26)16(24)18-12-2-3-13(15-14(12)19-28-20-15)21-4-6-27-7-5-21/h2-3,8-10H,4-7H2,1H3,(H,18,24). The predicted octanol–water partition coefficient (Wildman–Crippen LogP) is 1.36. The predicted molar refractivity (Wildman–Crippen MR) is 97.1 cm³/mol. The van der Waals surface area contributed by atoms with Crippen LogP contribution in [0.2, 0.25) is 0 Å². The second-order valence-corrected chi connectivity index (χ2v) is 6.29.